The Morgan fingerprint density at radius 3 is 2.71 bits per heavy atom. The van der Waals surface area contributed by atoms with Crippen LogP contribution in [-0.2, 0) is 15.1 Å². The van der Waals surface area contributed by atoms with Crippen molar-refractivity contribution >= 4 is 17.8 Å². The van der Waals surface area contributed by atoms with Crippen molar-refractivity contribution in [1.29, 1.82) is 0 Å². The normalized spacial score (nSPS) is 27.0. The molecule has 0 unspecified atom stereocenters. The second kappa shape index (κ2) is 7.00. The van der Waals surface area contributed by atoms with Crippen molar-refractivity contribution in [3.05, 3.63) is 23.8 Å². The Bertz CT molecular complexity index is 826. The molecule has 3 aliphatic heterocycles. The molecule has 0 radical (unpaired) electrons. The van der Waals surface area contributed by atoms with Gasteiger partial charge in [-0.05, 0) is 50.8 Å². The predicted molar refractivity (Wildman–Crippen MR) is 100 cm³/mol. The van der Waals surface area contributed by atoms with Crippen LogP contribution < -0.4 is 14.8 Å². The Morgan fingerprint density at radius 1 is 1.21 bits per heavy atom. The molecule has 1 N–H and O–H groups in total. The maximum absolute atomic E-state index is 13.1. The first kappa shape index (κ1) is 18.6. The first-order valence-corrected chi connectivity index (χ1v) is 9.74. The average Bonchev–Trinajstić information content (AvgIpc) is 2.92. The standard InChI is InChI=1S/C20H25N3O5/c1-13-5-3-4-8-22(13)17(24)12-23-18(25)20(2,21-19(23)26)14-6-7-15-16(11-14)28-10-9-27-15/h6-7,11,13H,3-5,8-10,12H2,1-2H3,(H,21,26)/t13-,20-/m1/s1. The quantitative estimate of drug-likeness (QED) is 0.797. The Hall–Kier alpha value is -2.77. The van der Waals surface area contributed by atoms with E-state index >= 15 is 0 Å². The topological polar surface area (TPSA) is 88.2 Å². The van der Waals surface area contributed by atoms with Gasteiger partial charge in [-0.3, -0.25) is 14.5 Å². The lowest BCUT2D eigenvalue weighted by molar-refractivity contribution is -0.140. The lowest BCUT2D eigenvalue weighted by Gasteiger charge is -2.34. The van der Waals surface area contributed by atoms with Gasteiger partial charge in [0.2, 0.25) is 5.91 Å². The van der Waals surface area contributed by atoms with Gasteiger partial charge in [0, 0.05) is 12.6 Å². The number of hydrogen-bond acceptors (Lipinski definition) is 5. The number of piperidine rings is 1. The predicted octanol–water partition coefficient (Wildman–Crippen LogP) is 1.63. The van der Waals surface area contributed by atoms with E-state index in [9.17, 15) is 14.4 Å². The lowest BCUT2D eigenvalue weighted by Crippen LogP contribution is -2.48. The van der Waals surface area contributed by atoms with Crippen LogP contribution in [0, 0.1) is 0 Å². The Labute approximate surface area is 163 Å². The molecule has 8 heteroatoms. The molecular weight excluding hydrogens is 362 g/mol. The minimum Gasteiger partial charge on any atom is -0.486 e. The van der Waals surface area contributed by atoms with Crippen LogP contribution in [0.15, 0.2) is 18.2 Å². The number of hydrogen-bond donors (Lipinski definition) is 1. The largest absolute Gasteiger partial charge is 0.486 e. The zero-order valence-electron chi connectivity index (χ0n) is 16.2. The van der Waals surface area contributed by atoms with E-state index in [-0.39, 0.29) is 18.5 Å². The SMILES string of the molecule is C[C@@H]1CCCCN1C(=O)CN1C(=O)N[C@](C)(c2ccc3c(c2)OCCO3)C1=O. The highest BCUT2D eigenvalue weighted by molar-refractivity contribution is 6.09. The maximum Gasteiger partial charge on any atom is 0.325 e. The molecule has 0 aromatic heterocycles. The van der Waals surface area contributed by atoms with E-state index < -0.39 is 17.5 Å². The first-order valence-electron chi connectivity index (χ1n) is 9.74. The van der Waals surface area contributed by atoms with Gasteiger partial charge in [-0.25, -0.2) is 4.79 Å². The van der Waals surface area contributed by atoms with Gasteiger partial charge in [-0.15, -0.1) is 0 Å². The highest BCUT2D eigenvalue weighted by atomic mass is 16.6. The number of ether oxygens (including phenoxy) is 2. The fourth-order valence-corrected chi connectivity index (χ4v) is 4.09. The van der Waals surface area contributed by atoms with E-state index in [2.05, 4.69) is 5.32 Å². The van der Waals surface area contributed by atoms with Gasteiger partial charge in [-0.2, -0.15) is 0 Å². The number of benzene rings is 1. The van der Waals surface area contributed by atoms with Crippen molar-refractivity contribution in [2.45, 2.75) is 44.7 Å². The van der Waals surface area contributed by atoms with Crippen LogP contribution in [0.5, 0.6) is 11.5 Å². The van der Waals surface area contributed by atoms with Crippen molar-refractivity contribution in [2.75, 3.05) is 26.3 Å². The Morgan fingerprint density at radius 2 is 1.96 bits per heavy atom. The van der Waals surface area contributed by atoms with E-state index in [0.717, 1.165) is 24.2 Å². The molecule has 2 saturated heterocycles. The number of rotatable bonds is 3. The molecule has 1 aromatic rings. The van der Waals surface area contributed by atoms with Crippen molar-refractivity contribution in [3.63, 3.8) is 0 Å². The van der Waals surface area contributed by atoms with E-state index in [1.54, 1.807) is 30.0 Å². The van der Waals surface area contributed by atoms with Gasteiger partial charge in [0.15, 0.2) is 11.5 Å². The smallest absolute Gasteiger partial charge is 0.325 e. The molecule has 3 aliphatic rings. The summed E-state index contributed by atoms with van der Waals surface area (Å²) in [6, 6.07) is 4.76. The molecule has 4 amide bonds. The molecule has 1 aromatic carbocycles. The zero-order chi connectivity index (χ0) is 19.9. The van der Waals surface area contributed by atoms with Gasteiger partial charge >= 0.3 is 6.03 Å². The molecule has 3 heterocycles. The fourth-order valence-electron chi connectivity index (χ4n) is 4.09. The molecule has 8 nitrogen and oxygen atoms in total. The number of nitrogens with one attached hydrogen (secondary N) is 1. The van der Waals surface area contributed by atoms with Gasteiger partial charge in [0.05, 0.1) is 0 Å². The van der Waals surface area contributed by atoms with Crippen LogP contribution in [-0.4, -0.2) is 60.0 Å². The first-order chi connectivity index (χ1) is 13.4. The summed E-state index contributed by atoms with van der Waals surface area (Å²) in [4.78, 5) is 41.1. The van der Waals surface area contributed by atoms with E-state index in [1.165, 1.54) is 0 Å². The summed E-state index contributed by atoms with van der Waals surface area (Å²) in [6.45, 7) is 4.99. The number of carbonyl (C=O) groups excluding carboxylic acids is 3. The van der Waals surface area contributed by atoms with Crippen molar-refractivity contribution in [3.8, 4) is 11.5 Å². The van der Waals surface area contributed by atoms with Crippen LogP contribution in [0.25, 0.3) is 0 Å². The van der Waals surface area contributed by atoms with Crippen LogP contribution in [0.4, 0.5) is 4.79 Å². The summed E-state index contributed by atoms with van der Waals surface area (Å²) >= 11 is 0. The van der Waals surface area contributed by atoms with E-state index in [4.69, 9.17) is 9.47 Å². The van der Waals surface area contributed by atoms with Crippen LogP contribution in [0.2, 0.25) is 0 Å². The number of amides is 4. The molecule has 2 fully saturated rings. The monoisotopic (exact) mass is 387 g/mol. The number of likely N-dealkylation sites (tertiary alicyclic amines) is 1. The van der Waals surface area contributed by atoms with E-state index in [0.29, 0.717) is 36.8 Å². The average molecular weight is 387 g/mol. The number of carbonyl (C=O) groups is 3. The molecular formula is C20H25N3O5. The highest BCUT2D eigenvalue weighted by Crippen LogP contribution is 2.36. The summed E-state index contributed by atoms with van der Waals surface area (Å²) in [5.41, 5.74) is -0.655. The summed E-state index contributed by atoms with van der Waals surface area (Å²) in [7, 11) is 0. The van der Waals surface area contributed by atoms with Gasteiger partial charge in [0.25, 0.3) is 5.91 Å². The molecule has 0 spiro atoms. The van der Waals surface area contributed by atoms with Gasteiger partial charge in [0.1, 0.15) is 25.3 Å². The minimum atomic E-state index is -1.25. The third-order valence-electron chi connectivity index (χ3n) is 5.81. The second-order valence-corrected chi connectivity index (χ2v) is 7.74. The second-order valence-electron chi connectivity index (χ2n) is 7.74. The third kappa shape index (κ3) is 3.06. The zero-order valence-corrected chi connectivity index (χ0v) is 16.2. The molecule has 0 bridgehead atoms. The van der Waals surface area contributed by atoms with Gasteiger partial charge < -0.3 is 19.7 Å². The maximum atomic E-state index is 13.1. The minimum absolute atomic E-state index is 0.131. The lowest BCUT2D eigenvalue weighted by atomic mass is 9.91. The van der Waals surface area contributed by atoms with Crippen molar-refractivity contribution in [2.24, 2.45) is 0 Å². The molecule has 4 rings (SSSR count). The summed E-state index contributed by atoms with van der Waals surface area (Å²) in [5, 5.41) is 2.74. The molecule has 0 aliphatic carbocycles. The van der Waals surface area contributed by atoms with Crippen molar-refractivity contribution in [1.82, 2.24) is 15.1 Å². The molecule has 28 heavy (non-hydrogen) atoms. The number of nitrogens with zero attached hydrogens (tertiary/aromatic N) is 2. The summed E-state index contributed by atoms with van der Waals surface area (Å²) in [5.74, 6) is 0.527. The van der Waals surface area contributed by atoms with Gasteiger partial charge in [-0.1, -0.05) is 6.07 Å². The molecule has 2 atom stereocenters. The Balaban J connectivity index is 1.54. The third-order valence-corrected chi connectivity index (χ3v) is 5.81. The summed E-state index contributed by atoms with van der Waals surface area (Å²) in [6.07, 6.45) is 2.99. The van der Waals surface area contributed by atoms with Crippen LogP contribution in [0.1, 0.15) is 38.7 Å². The van der Waals surface area contributed by atoms with Crippen molar-refractivity contribution < 1.29 is 23.9 Å². The molecule has 0 saturated carbocycles. The van der Waals surface area contributed by atoms with Crippen LogP contribution >= 0.6 is 0 Å². The highest BCUT2D eigenvalue weighted by Gasteiger charge is 2.50. The number of imide groups is 1. The molecule has 150 valence electrons. The number of fused-ring (bicyclic) bond motifs is 1. The Kier molecular flexibility index (Phi) is 4.64. The number of urea groups is 1. The van der Waals surface area contributed by atoms with E-state index in [1.807, 2.05) is 6.92 Å². The summed E-state index contributed by atoms with van der Waals surface area (Å²) < 4.78 is 11.1. The van der Waals surface area contributed by atoms with Crippen LogP contribution in [0.3, 0.4) is 0 Å². The fraction of sp³-hybridized carbons (Fsp3) is 0.550.